The summed E-state index contributed by atoms with van der Waals surface area (Å²) in [5.41, 5.74) is 0. The van der Waals surface area contributed by atoms with Gasteiger partial charge in [-0.1, -0.05) is 0 Å². The Bertz CT molecular complexity index is 150. The van der Waals surface area contributed by atoms with Crippen LogP contribution in [0, 0.1) is 0 Å². The van der Waals surface area contributed by atoms with Crippen molar-refractivity contribution in [1.29, 1.82) is 0 Å². The summed E-state index contributed by atoms with van der Waals surface area (Å²) in [5.74, 6) is -0.720. The summed E-state index contributed by atoms with van der Waals surface area (Å²) in [5, 5.41) is 13.8. The highest BCUT2D eigenvalue weighted by Crippen LogP contribution is 2.03. The Morgan fingerprint density at radius 2 is 2.46 bits per heavy atom. The predicted octanol–water partition coefficient (Wildman–Crippen LogP) is -0.618. The highest BCUT2D eigenvalue weighted by molar-refractivity contribution is 6.32. The first-order valence-corrected chi connectivity index (χ1v) is 4.46. The van der Waals surface area contributed by atoms with Gasteiger partial charge in [-0.25, -0.2) is 0 Å². The first-order chi connectivity index (χ1) is 6.30. The van der Waals surface area contributed by atoms with Crippen LogP contribution in [0.4, 0.5) is 0 Å². The maximum absolute atomic E-state index is 10.1. The molecule has 2 aliphatic heterocycles. The molecule has 1 atom stereocenters. The van der Waals surface area contributed by atoms with E-state index in [1.807, 2.05) is 7.41 Å². The Morgan fingerprint density at radius 3 is 2.69 bits per heavy atom. The topological polar surface area (TPSA) is 70.6 Å². The minimum absolute atomic E-state index is 0.269. The zero-order valence-electron chi connectivity index (χ0n) is 7.45. The van der Waals surface area contributed by atoms with Crippen molar-refractivity contribution in [3.8, 4) is 0 Å². The van der Waals surface area contributed by atoms with Gasteiger partial charge in [-0.3, -0.25) is 10.2 Å². The number of nitrogens with one attached hydrogen (secondary N) is 2. The van der Waals surface area contributed by atoms with E-state index in [0.717, 1.165) is 32.3 Å². The van der Waals surface area contributed by atoms with Crippen LogP contribution in [0.5, 0.6) is 0 Å². The van der Waals surface area contributed by atoms with Crippen molar-refractivity contribution in [2.24, 2.45) is 0 Å². The van der Waals surface area contributed by atoms with Crippen LogP contribution in [0.1, 0.15) is 12.8 Å². The predicted molar refractivity (Wildman–Crippen MR) is 48.3 cm³/mol. The third kappa shape index (κ3) is 4.26. The van der Waals surface area contributed by atoms with Crippen molar-refractivity contribution in [2.75, 3.05) is 13.2 Å². The Balaban J connectivity index is 0.000000145. The van der Waals surface area contributed by atoms with Gasteiger partial charge in [0.05, 0.1) is 6.61 Å². The average molecular weight is 185 g/mol. The summed E-state index contributed by atoms with van der Waals surface area (Å²) < 4.78 is 0. The molecule has 2 aliphatic rings. The van der Waals surface area contributed by atoms with Gasteiger partial charge in [0.25, 0.3) is 0 Å². The van der Waals surface area contributed by atoms with Crippen LogP contribution < -0.4 is 10.7 Å². The molecule has 0 spiro atoms. The first-order valence-electron chi connectivity index (χ1n) is 4.46. The third-order valence-corrected chi connectivity index (χ3v) is 1.89. The molecule has 0 aromatic rings. The number of carboxylic acid groups (broad SMARTS) is 1. The molecule has 0 aromatic heterocycles. The van der Waals surface area contributed by atoms with Crippen LogP contribution in [-0.2, 0) is 9.63 Å². The Hall–Kier alpha value is -0.585. The maximum atomic E-state index is 10.1. The maximum Gasteiger partial charge on any atom is 0.320 e. The fourth-order valence-electron chi connectivity index (χ4n) is 1.19. The highest BCUT2D eigenvalue weighted by atomic mass is 16.6. The number of carbonyl (C=O) groups is 1. The van der Waals surface area contributed by atoms with Gasteiger partial charge in [-0.05, 0) is 25.7 Å². The SMILES string of the molecule is O=C(O)C1CCCN1.[B]1CCON1. The normalized spacial score (nSPS) is 26.0. The quantitative estimate of drug-likeness (QED) is 0.475. The van der Waals surface area contributed by atoms with Crippen molar-refractivity contribution in [3.63, 3.8) is 0 Å². The highest BCUT2D eigenvalue weighted by Gasteiger charge is 2.20. The molecule has 0 saturated carbocycles. The smallest absolute Gasteiger partial charge is 0.320 e. The van der Waals surface area contributed by atoms with E-state index >= 15 is 0 Å². The molecule has 2 fully saturated rings. The zero-order valence-corrected chi connectivity index (χ0v) is 7.45. The van der Waals surface area contributed by atoms with Crippen LogP contribution in [-0.4, -0.2) is 37.7 Å². The van der Waals surface area contributed by atoms with Gasteiger partial charge in [0.2, 0.25) is 7.41 Å². The summed E-state index contributed by atoms with van der Waals surface area (Å²) in [4.78, 5) is 14.8. The molecule has 1 unspecified atom stereocenters. The van der Waals surface area contributed by atoms with Gasteiger partial charge in [0, 0.05) is 0 Å². The molecule has 3 N–H and O–H groups in total. The van der Waals surface area contributed by atoms with E-state index in [1.165, 1.54) is 0 Å². The standard InChI is InChI=1S/C5H9NO2.C2H5BNO/c7-5(8)4-2-1-3-6-4;1-2-5-4-3-1/h4,6H,1-3H2,(H,7,8);4H,1-2H2. The molecule has 0 amide bonds. The second kappa shape index (κ2) is 5.96. The molecular weight excluding hydrogens is 171 g/mol. The van der Waals surface area contributed by atoms with Crippen molar-refractivity contribution in [3.05, 3.63) is 0 Å². The molecule has 6 heteroatoms. The van der Waals surface area contributed by atoms with E-state index in [4.69, 9.17) is 5.11 Å². The minimum atomic E-state index is -0.720. The molecule has 2 heterocycles. The molecule has 0 aliphatic carbocycles. The van der Waals surface area contributed by atoms with Crippen molar-refractivity contribution in [1.82, 2.24) is 10.7 Å². The van der Waals surface area contributed by atoms with E-state index in [2.05, 4.69) is 15.5 Å². The lowest BCUT2D eigenvalue weighted by Gasteiger charge is -1.99. The molecule has 0 bridgehead atoms. The number of hydrogen-bond donors (Lipinski definition) is 3. The summed E-state index contributed by atoms with van der Waals surface area (Å²) in [6.45, 7) is 1.69. The fraction of sp³-hybridized carbons (Fsp3) is 0.857. The van der Waals surface area contributed by atoms with Gasteiger partial charge >= 0.3 is 5.97 Å². The van der Waals surface area contributed by atoms with E-state index in [1.54, 1.807) is 0 Å². The lowest BCUT2D eigenvalue weighted by molar-refractivity contribution is -0.139. The van der Waals surface area contributed by atoms with Gasteiger partial charge in [-0.2, -0.15) is 0 Å². The van der Waals surface area contributed by atoms with Crippen LogP contribution in [0.3, 0.4) is 0 Å². The fourth-order valence-corrected chi connectivity index (χ4v) is 1.19. The van der Waals surface area contributed by atoms with E-state index in [9.17, 15) is 4.79 Å². The summed E-state index contributed by atoms with van der Waals surface area (Å²) >= 11 is 0. The molecule has 2 saturated heterocycles. The number of hydrogen-bond acceptors (Lipinski definition) is 4. The second-order valence-electron chi connectivity index (χ2n) is 2.95. The largest absolute Gasteiger partial charge is 0.480 e. The van der Waals surface area contributed by atoms with Gasteiger partial charge in [0.1, 0.15) is 6.04 Å². The molecule has 5 nitrogen and oxygen atoms in total. The van der Waals surface area contributed by atoms with Gasteiger partial charge < -0.3 is 15.3 Å². The zero-order chi connectivity index (χ0) is 9.52. The number of carboxylic acids is 1. The monoisotopic (exact) mass is 185 g/mol. The molecule has 13 heavy (non-hydrogen) atoms. The van der Waals surface area contributed by atoms with Gasteiger partial charge in [-0.15, -0.1) is 0 Å². The molecule has 1 radical (unpaired) electrons. The molecular formula is C7H14BN2O3. The van der Waals surface area contributed by atoms with Crippen molar-refractivity contribution in [2.45, 2.75) is 25.2 Å². The van der Waals surface area contributed by atoms with Crippen molar-refractivity contribution < 1.29 is 14.7 Å². The second-order valence-corrected chi connectivity index (χ2v) is 2.95. The van der Waals surface area contributed by atoms with Crippen LogP contribution in [0.15, 0.2) is 0 Å². The Morgan fingerprint density at radius 1 is 1.62 bits per heavy atom. The van der Waals surface area contributed by atoms with E-state index in [-0.39, 0.29) is 6.04 Å². The number of rotatable bonds is 1. The lowest BCUT2D eigenvalue weighted by Crippen LogP contribution is -2.29. The van der Waals surface area contributed by atoms with Gasteiger partial charge in [0.15, 0.2) is 0 Å². The van der Waals surface area contributed by atoms with Crippen LogP contribution >= 0.6 is 0 Å². The molecule has 73 valence electrons. The number of aliphatic carboxylic acids is 1. The summed E-state index contributed by atoms with van der Waals surface area (Å²) in [7, 11) is 1.89. The molecule has 0 aromatic carbocycles. The molecule has 2 rings (SSSR count). The van der Waals surface area contributed by atoms with E-state index < -0.39 is 5.97 Å². The Kier molecular flexibility index (Phi) is 4.81. The van der Waals surface area contributed by atoms with Crippen molar-refractivity contribution >= 4 is 13.4 Å². The van der Waals surface area contributed by atoms with Crippen LogP contribution in [0.25, 0.3) is 0 Å². The third-order valence-electron chi connectivity index (χ3n) is 1.89. The summed E-state index contributed by atoms with van der Waals surface area (Å²) in [6.07, 6.45) is 2.83. The lowest BCUT2D eigenvalue weighted by atomic mass is 9.94. The first kappa shape index (κ1) is 10.5. The minimum Gasteiger partial charge on any atom is -0.480 e. The Labute approximate surface area is 78.1 Å². The summed E-state index contributed by atoms with van der Waals surface area (Å²) in [6, 6.07) is -0.269. The van der Waals surface area contributed by atoms with E-state index in [0.29, 0.717) is 0 Å². The van der Waals surface area contributed by atoms with Crippen LogP contribution in [0.2, 0.25) is 6.32 Å². The average Bonchev–Trinajstić information content (AvgIpc) is 2.82.